The van der Waals surface area contributed by atoms with Crippen LogP contribution < -0.4 is 0 Å². The van der Waals surface area contributed by atoms with Gasteiger partial charge in [0.15, 0.2) is 5.65 Å². The van der Waals surface area contributed by atoms with E-state index in [0.717, 1.165) is 67.3 Å². The molecule has 4 rings (SSSR count). The fourth-order valence-electron chi connectivity index (χ4n) is 5.16. The number of nitrogens with zero attached hydrogens (tertiary/aromatic N) is 5. The number of carbonyl (C=O) groups is 2. The van der Waals surface area contributed by atoms with E-state index in [1.54, 1.807) is 0 Å². The van der Waals surface area contributed by atoms with Crippen molar-refractivity contribution in [1.82, 2.24) is 24.4 Å². The molecule has 0 N–H and O–H groups in total. The number of aryl methyl sites for hydroxylation is 2. The van der Waals surface area contributed by atoms with Gasteiger partial charge in [0.2, 0.25) is 11.8 Å². The van der Waals surface area contributed by atoms with Crippen LogP contribution in [0.15, 0.2) is 6.07 Å². The van der Waals surface area contributed by atoms with Gasteiger partial charge in [-0.2, -0.15) is 5.10 Å². The van der Waals surface area contributed by atoms with Gasteiger partial charge in [0, 0.05) is 62.4 Å². The zero-order valence-corrected chi connectivity index (χ0v) is 19.4. The Bertz CT molecular complexity index is 982. The van der Waals surface area contributed by atoms with Crippen LogP contribution in [0.3, 0.4) is 0 Å². The predicted octanol–water partition coefficient (Wildman–Crippen LogP) is 3.26. The van der Waals surface area contributed by atoms with Crippen molar-refractivity contribution >= 4 is 17.5 Å². The molecule has 0 spiro atoms. The van der Waals surface area contributed by atoms with Gasteiger partial charge < -0.3 is 9.80 Å². The second-order valence-electron chi connectivity index (χ2n) is 9.37. The van der Waals surface area contributed by atoms with Crippen LogP contribution in [0.1, 0.15) is 74.5 Å². The van der Waals surface area contributed by atoms with E-state index in [1.165, 1.54) is 6.42 Å². The molecule has 0 aliphatic carbocycles. The Hall–Kier alpha value is -2.44. The Morgan fingerprint density at radius 1 is 1.10 bits per heavy atom. The molecule has 2 fully saturated rings. The Kier molecular flexibility index (Phi) is 6.30. The third-order valence-corrected chi connectivity index (χ3v) is 7.04. The first kappa shape index (κ1) is 21.8. The van der Waals surface area contributed by atoms with Crippen molar-refractivity contribution in [2.75, 3.05) is 26.2 Å². The van der Waals surface area contributed by atoms with Crippen LogP contribution in [-0.4, -0.2) is 62.4 Å². The molecule has 2 aliphatic rings. The van der Waals surface area contributed by atoms with Gasteiger partial charge in [0.05, 0.1) is 5.69 Å². The number of fused-ring (bicyclic) bond motifs is 1. The summed E-state index contributed by atoms with van der Waals surface area (Å²) in [5.41, 5.74) is 5.02. The van der Waals surface area contributed by atoms with E-state index in [9.17, 15) is 9.59 Å². The van der Waals surface area contributed by atoms with Crippen LogP contribution >= 0.6 is 0 Å². The lowest BCUT2D eigenvalue weighted by Crippen LogP contribution is -2.39. The van der Waals surface area contributed by atoms with Gasteiger partial charge in [-0.15, -0.1) is 0 Å². The van der Waals surface area contributed by atoms with Gasteiger partial charge in [-0.3, -0.25) is 9.59 Å². The molecule has 168 valence electrons. The Morgan fingerprint density at radius 3 is 2.61 bits per heavy atom. The summed E-state index contributed by atoms with van der Waals surface area (Å²) in [6, 6.07) is 2.06. The second-order valence-corrected chi connectivity index (χ2v) is 9.37. The number of likely N-dealkylation sites (tertiary alicyclic amines) is 2. The monoisotopic (exact) mass is 425 g/mol. The summed E-state index contributed by atoms with van der Waals surface area (Å²) in [6.07, 6.45) is 5.04. The number of amides is 2. The first-order valence-electron chi connectivity index (χ1n) is 11.8. The van der Waals surface area contributed by atoms with E-state index < -0.39 is 0 Å². The number of rotatable bonds is 5. The SMILES string of the molecule is CCC(=O)N1CC[C@H](c2cc3nc(C)c(CCC(=O)N4CCC[C@@H](C)C4)c(C)n3n2)C1. The summed E-state index contributed by atoms with van der Waals surface area (Å²) in [7, 11) is 0. The normalized spacial score (nSPS) is 21.8. The molecule has 0 saturated carbocycles. The maximum Gasteiger partial charge on any atom is 0.222 e. The summed E-state index contributed by atoms with van der Waals surface area (Å²) >= 11 is 0. The zero-order valence-electron chi connectivity index (χ0n) is 19.4. The van der Waals surface area contributed by atoms with Crippen LogP contribution in [0.2, 0.25) is 0 Å². The van der Waals surface area contributed by atoms with Gasteiger partial charge in [-0.05, 0) is 51.0 Å². The maximum absolute atomic E-state index is 12.7. The summed E-state index contributed by atoms with van der Waals surface area (Å²) in [5.74, 6) is 1.33. The molecular weight excluding hydrogens is 390 g/mol. The van der Waals surface area contributed by atoms with E-state index in [0.29, 0.717) is 25.2 Å². The number of hydrogen-bond acceptors (Lipinski definition) is 4. The Morgan fingerprint density at radius 2 is 1.87 bits per heavy atom. The van der Waals surface area contributed by atoms with Crippen molar-refractivity contribution in [3.8, 4) is 0 Å². The van der Waals surface area contributed by atoms with Crippen molar-refractivity contribution in [1.29, 1.82) is 0 Å². The molecule has 7 heteroatoms. The van der Waals surface area contributed by atoms with Crippen molar-refractivity contribution in [2.24, 2.45) is 5.92 Å². The van der Waals surface area contributed by atoms with Crippen molar-refractivity contribution in [3.63, 3.8) is 0 Å². The highest BCUT2D eigenvalue weighted by atomic mass is 16.2. The minimum absolute atomic E-state index is 0.214. The van der Waals surface area contributed by atoms with Crippen molar-refractivity contribution in [3.05, 3.63) is 28.7 Å². The van der Waals surface area contributed by atoms with E-state index in [-0.39, 0.29) is 17.7 Å². The number of hydrogen-bond donors (Lipinski definition) is 0. The van der Waals surface area contributed by atoms with E-state index >= 15 is 0 Å². The minimum atomic E-state index is 0.214. The molecular formula is C24H35N5O2. The largest absolute Gasteiger partial charge is 0.342 e. The highest BCUT2D eigenvalue weighted by Gasteiger charge is 2.29. The van der Waals surface area contributed by atoms with Gasteiger partial charge >= 0.3 is 0 Å². The van der Waals surface area contributed by atoms with Crippen molar-refractivity contribution in [2.45, 2.75) is 72.1 Å². The first-order chi connectivity index (χ1) is 14.9. The van der Waals surface area contributed by atoms with Gasteiger partial charge in [0.1, 0.15) is 0 Å². The minimum Gasteiger partial charge on any atom is -0.342 e. The van der Waals surface area contributed by atoms with Crippen LogP contribution in [0.5, 0.6) is 0 Å². The van der Waals surface area contributed by atoms with Gasteiger partial charge in [-0.1, -0.05) is 13.8 Å². The van der Waals surface area contributed by atoms with Gasteiger partial charge in [-0.25, -0.2) is 9.50 Å². The summed E-state index contributed by atoms with van der Waals surface area (Å²) in [4.78, 5) is 33.5. The lowest BCUT2D eigenvalue weighted by atomic mass is 9.99. The molecule has 4 heterocycles. The van der Waals surface area contributed by atoms with E-state index in [1.807, 2.05) is 28.2 Å². The molecule has 7 nitrogen and oxygen atoms in total. The quantitative estimate of drug-likeness (QED) is 0.737. The van der Waals surface area contributed by atoms with Crippen LogP contribution in [-0.2, 0) is 16.0 Å². The molecule has 2 saturated heterocycles. The average molecular weight is 426 g/mol. The number of piperidine rings is 1. The smallest absolute Gasteiger partial charge is 0.222 e. The fourth-order valence-corrected chi connectivity index (χ4v) is 5.16. The van der Waals surface area contributed by atoms with E-state index in [2.05, 4.69) is 19.9 Å². The molecule has 0 bridgehead atoms. The topological polar surface area (TPSA) is 70.8 Å². The summed E-state index contributed by atoms with van der Waals surface area (Å²) in [6.45, 7) is 11.6. The zero-order chi connectivity index (χ0) is 22.1. The second kappa shape index (κ2) is 8.97. The highest BCUT2D eigenvalue weighted by Crippen LogP contribution is 2.28. The van der Waals surface area contributed by atoms with E-state index in [4.69, 9.17) is 10.1 Å². The molecule has 2 aromatic heterocycles. The lowest BCUT2D eigenvalue weighted by molar-refractivity contribution is -0.133. The highest BCUT2D eigenvalue weighted by molar-refractivity contribution is 5.77. The standard InChI is InChI=1S/C24H35N5O2/c1-5-23(30)28-12-10-19(15-28)21-13-22-25-17(3)20(18(4)29(22)26-21)8-9-24(31)27-11-6-7-16(2)14-27/h13,16,19H,5-12,14-15H2,1-4H3/t16-,19+/m1/s1. The lowest BCUT2D eigenvalue weighted by Gasteiger charge is -2.31. The first-order valence-corrected chi connectivity index (χ1v) is 11.8. The van der Waals surface area contributed by atoms with Crippen molar-refractivity contribution < 1.29 is 9.59 Å². The predicted molar refractivity (Wildman–Crippen MR) is 120 cm³/mol. The maximum atomic E-state index is 12.7. The Balaban J connectivity index is 1.49. The average Bonchev–Trinajstić information content (AvgIpc) is 3.40. The molecule has 2 atom stereocenters. The summed E-state index contributed by atoms with van der Waals surface area (Å²) < 4.78 is 1.93. The van der Waals surface area contributed by atoms with Crippen LogP contribution in [0.4, 0.5) is 0 Å². The Labute approximate surface area is 184 Å². The van der Waals surface area contributed by atoms with Crippen LogP contribution in [0, 0.1) is 19.8 Å². The number of carbonyl (C=O) groups excluding carboxylic acids is 2. The third-order valence-electron chi connectivity index (χ3n) is 7.04. The molecule has 0 radical (unpaired) electrons. The molecule has 31 heavy (non-hydrogen) atoms. The molecule has 0 unspecified atom stereocenters. The third kappa shape index (κ3) is 4.46. The fraction of sp³-hybridized carbons (Fsp3) is 0.667. The molecule has 0 aromatic carbocycles. The van der Waals surface area contributed by atoms with Crippen LogP contribution in [0.25, 0.3) is 5.65 Å². The molecule has 2 amide bonds. The molecule has 2 aliphatic heterocycles. The summed E-state index contributed by atoms with van der Waals surface area (Å²) in [5, 5.41) is 4.86. The van der Waals surface area contributed by atoms with Gasteiger partial charge in [0.25, 0.3) is 0 Å². The number of aromatic nitrogens is 3. The molecule has 2 aromatic rings.